The number of para-hydroxylation sites is 2. The van der Waals surface area contributed by atoms with Crippen molar-refractivity contribution in [2.75, 3.05) is 37.6 Å². The van der Waals surface area contributed by atoms with Crippen LogP contribution >= 0.6 is 0 Å². The highest BCUT2D eigenvalue weighted by Crippen LogP contribution is 2.18. The summed E-state index contributed by atoms with van der Waals surface area (Å²) in [5, 5.41) is 0. The first-order valence-electron chi connectivity index (χ1n) is 7.22. The molecule has 0 aliphatic carbocycles. The molecule has 2 heterocycles. The molecular weight excluding hydrogens is 250 g/mol. The summed E-state index contributed by atoms with van der Waals surface area (Å²) in [6, 6.07) is 8.17. The van der Waals surface area contributed by atoms with E-state index in [9.17, 15) is 0 Å². The number of rotatable bonds is 3. The molecule has 3 rings (SSSR count). The molecule has 0 spiro atoms. The Bertz CT molecular complexity index is 542. The van der Waals surface area contributed by atoms with Gasteiger partial charge in [-0.3, -0.25) is 4.90 Å². The molecule has 0 saturated carbocycles. The van der Waals surface area contributed by atoms with E-state index in [4.69, 9.17) is 5.73 Å². The normalized spacial score (nSPS) is 17.9. The lowest BCUT2D eigenvalue weighted by atomic mass is 10.1. The molecular formula is C15H23N5. The maximum atomic E-state index is 6.09. The van der Waals surface area contributed by atoms with Crippen molar-refractivity contribution in [3.05, 3.63) is 24.3 Å². The van der Waals surface area contributed by atoms with E-state index in [1.165, 1.54) is 0 Å². The standard InChI is InChI=1S/C15H23N5/c1-15(2,16)11-19-7-9-20(10-8-19)14-17-12-5-3-4-6-13(12)18-14/h3-6H,7-11,16H2,1-2H3,(H,17,18). The number of nitrogens with two attached hydrogens (primary N) is 1. The van der Waals surface area contributed by atoms with Crippen LogP contribution in [0.1, 0.15) is 13.8 Å². The summed E-state index contributed by atoms with van der Waals surface area (Å²) in [5.41, 5.74) is 8.11. The van der Waals surface area contributed by atoms with E-state index < -0.39 is 0 Å². The monoisotopic (exact) mass is 273 g/mol. The van der Waals surface area contributed by atoms with Gasteiger partial charge in [0.1, 0.15) is 0 Å². The highest BCUT2D eigenvalue weighted by atomic mass is 15.3. The SMILES string of the molecule is CC(C)(N)CN1CCN(c2nc3ccccc3[nH]2)CC1. The minimum atomic E-state index is -0.123. The molecule has 20 heavy (non-hydrogen) atoms. The first kappa shape index (κ1) is 13.4. The first-order chi connectivity index (χ1) is 9.51. The molecule has 108 valence electrons. The second-order valence-corrected chi connectivity index (χ2v) is 6.33. The minimum absolute atomic E-state index is 0.123. The highest BCUT2D eigenvalue weighted by molar-refractivity contribution is 5.77. The second kappa shape index (κ2) is 5.07. The van der Waals surface area contributed by atoms with Gasteiger partial charge in [-0.05, 0) is 26.0 Å². The minimum Gasteiger partial charge on any atom is -0.340 e. The number of fused-ring (bicyclic) bond motifs is 1. The number of hydrogen-bond donors (Lipinski definition) is 2. The average Bonchev–Trinajstić information content (AvgIpc) is 2.81. The molecule has 2 aromatic rings. The lowest BCUT2D eigenvalue weighted by molar-refractivity contribution is 0.213. The summed E-state index contributed by atoms with van der Waals surface area (Å²) in [5.74, 6) is 0.984. The Morgan fingerprint density at radius 3 is 2.55 bits per heavy atom. The molecule has 1 aromatic heterocycles. The molecule has 0 amide bonds. The van der Waals surface area contributed by atoms with Crippen molar-refractivity contribution in [2.24, 2.45) is 5.73 Å². The zero-order chi connectivity index (χ0) is 14.2. The third-order valence-electron chi connectivity index (χ3n) is 3.68. The number of aromatic amines is 1. The Morgan fingerprint density at radius 2 is 1.90 bits per heavy atom. The first-order valence-corrected chi connectivity index (χ1v) is 7.22. The van der Waals surface area contributed by atoms with Crippen LogP contribution < -0.4 is 10.6 Å². The van der Waals surface area contributed by atoms with Gasteiger partial charge in [-0.2, -0.15) is 0 Å². The molecule has 0 unspecified atom stereocenters. The number of aromatic nitrogens is 2. The molecule has 1 aliphatic rings. The van der Waals surface area contributed by atoms with Gasteiger partial charge in [-0.15, -0.1) is 0 Å². The summed E-state index contributed by atoms with van der Waals surface area (Å²) in [6.07, 6.45) is 0. The number of anilines is 1. The van der Waals surface area contributed by atoms with Gasteiger partial charge in [-0.25, -0.2) is 4.98 Å². The Labute approximate surface area is 119 Å². The fourth-order valence-electron chi connectivity index (χ4n) is 2.78. The van der Waals surface area contributed by atoms with Crippen molar-refractivity contribution in [3.63, 3.8) is 0 Å². The van der Waals surface area contributed by atoms with Gasteiger partial charge >= 0.3 is 0 Å². The van der Waals surface area contributed by atoms with Gasteiger partial charge in [0.25, 0.3) is 0 Å². The quantitative estimate of drug-likeness (QED) is 0.888. The van der Waals surface area contributed by atoms with Crippen LogP contribution in [0.5, 0.6) is 0 Å². The van der Waals surface area contributed by atoms with Crippen LogP contribution in [0.3, 0.4) is 0 Å². The predicted molar refractivity (Wildman–Crippen MR) is 83.0 cm³/mol. The van der Waals surface area contributed by atoms with Crippen molar-refractivity contribution >= 4 is 17.0 Å². The van der Waals surface area contributed by atoms with Crippen LogP contribution in [0.4, 0.5) is 5.95 Å². The number of nitrogens with one attached hydrogen (secondary N) is 1. The third-order valence-corrected chi connectivity index (χ3v) is 3.68. The zero-order valence-electron chi connectivity index (χ0n) is 12.3. The van der Waals surface area contributed by atoms with Crippen LogP contribution in [-0.4, -0.2) is 53.1 Å². The van der Waals surface area contributed by atoms with Crippen molar-refractivity contribution < 1.29 is 0 Å². The lowest BCUT2D eigenvalue weighted by Crippen LogP contribution is -2.53. The number of nitrogens with zero attached hydrogens (tertiary/aromatic N) is 3. The molecule has 1 aromatic carbocycles. The lowest BCUT2D eigenvalue weighted by Gasteiger charge is -2.37. The molecule has 5 nitrogen and oxygen atoms in total. The molecule has 1 aliphatic heterocycles. The Hall–Kier alpha value is -1.59. The Balaban J connectivity index is 1.66. The van der Waals surface area contributed by atoms with Crippen LogP contribution in [-0.2, 0) is 0 Å². The maximum Gasteiger partial charge on any atom is 0.203 e. The van der Waals surface area contributed by atoms with Crippen LogP contribution in [0.2, 0.25) is 0 Å². The van der Waals surface area contributed by atoms with Gasteiger partial charge in [0.05, 0.1) is 11.0 Å². The van der Waals surface area contributed by atoms with Gasteiger partial charge < -0.3 is 15.6 Å². The van der Waals surface area contributed by atoms with Gasteiger partial charge in [0.15, 0.2) is 0 Å². The van der Waals surface area contributed by atoms with E-state index in [-0.39, 0.29) is 5.54 Å². The smallest absolute Gasteiger partial charge is 0.203 e. The van der Waals surface area contributed by atoms with E-state index in [0.717, 1.165) is 49.7 Å². The van der Waals surface area contributed by atoms with E-state index in [1.807, 2.05) is 18.2 Å². The molecule has 1 fully saturated rings. The van der Waals surface area contributed by atoms with E-state index in [2.05, 4.69) is 39.7 Å². The summed E-state index contributed by atoms with van der Waals surface area (Å²) >= 11 is 0. The van der Waals surface area contributed by atoms with Gasteiger partial charge in [0, 0.05) is 38.3 Å². The molecule has 0 atom stereocenters. The average molecular weight is 273 g/mol. The zero-order valence-corrected chi connectivity index (χ0v) is 12.3. The van der Waals surface area contributed by atoms with E-state index in [0.29, 0.717) is 0 Å². The third kappa shape index (κ3) is 2.94. The van der Waals surface area contributed by atoms with Crippen LogP contribution in [0.15, 0.2) is 24.3 Å². The van der Waals surface area contributed by atoms with Crippen molar-refractivity contribution in [2.45, 2.75) is 19.4 Å². The number of imidazole rings is 1. The maximum absolute atomic E-state index is 6.09. The Morgan fingerprint density at radius 1 is 1.20 bits per heavy atom. The topological polar surface area (TPSA) is 61.2 Å². The van der Waals surface area contributed by atoms with Crippen molar-refractivity contribution in [1.29, 1.82) is 0 Å². The van der Waals surface area contributed by atoms with Crippen molar-refractivity contribution in [3.8, 4) is 0 Å². The van der Waals surface area contributed by atoms with Crippen LogP contribution in [0.25, 0.3) is 11.0 Å². The molecule has 1 saturated heterocycles. The van der Waals surface area contributed by atoms with Gasteiger partial charge in [0.2, 0.25) is 5.95 Å². The second-order valence-electron chi connectivity index (χ2n) is 6.33. The molecule has 5 heteroatoms. The van der Waals surface area contributed by atoms with E-state index in [1.54, 1.807) is 0 Å². The van der Waals surface area contributed by atoms with Gasteiger partial charge in [-0.1, -0.05) is 12.1 Å². The summed E-state index contributed by atoms with van der Waals surface area (Å²) in [6.45, 7) is 9.18. The predicted octanol–water partition coefficient (Wildman–Crippen LogP) is 1.42. The Kier molecular flexibility index (Phi) is 3.40. The molecule has 3 N–H and O–H groups in total. The number of H-pyrrole nitrogens is 1. The summed E-state index contributed by atoms with van der Waals surface area (Å²) < 4.78 is 0. The highest BCUT2D eigenvalue weighted by Gasteiger charge is 2.23. The largest absolute Gasteiger partial charge is 0.340 e. The van der Waals surface area contributed by atoms with E-state index >= 15 is 0 Å². The number of piperazine rings is 1. The molecule has 0 bridgehead atoms. The number of benzene rings is 1. The fourth-order valence-corrected chi connectivity index (χ4v) is 2.78. The van der Waals surface area contributed by atoms with Crippen molar-refractivity contribution in [1.82, 2.24) is 14.9 Å². The fraction of sp³-hybridized carbons (Fsp3) is 0.533. The van der Waals surface area contributed by atoms with Crippen LogP contribution in [0, 0.1) is 0 Å². The summed E-state index contributed by atoms with van der Waals surface area (Å²) in [7, 11) is 0. The summed E-state index contributed by atoms with van der Waals surface area (Å²) in [4.78, 5) is 12.8. The molecule has 0 radical (unpaired) electrons. The number of hydrogen-bond acceptors (Lipinski definition) is 4.